The van der Waals surface area contributed by atoms with Gasteiger partial charge in [0, 0.05) is 23.0 Å². The highest BCUT2D eigenvalue weighted by molar-refractivity contribution is 6.31. The van der Waals surface area contributed by atoms with Crippen molar-refractivity contribution < 1.29 is 0 Å². The zero-order valence-corrected chi connectivity index (χ0v) is 9.19. The van der Waals surface area contributed by atoms with E-state index in [9.17, 15) is 4.79 Å². The molecule has 0 unspecified atom stereocenters. The first kappa shape index (κ1) is 10.7. The first-order valence-electron chi connectivity index (χ1n) is 4.73. The van der Waals surface area contributed by atoms with Gasteiger partial charge in [-0.15, -0.1) is 0 Å². The van der Waals surface area contributed by atoms with Gasteiger partial charge in [-0.2, -0.15) is 5.10 Å². The molecule has 2 rings (SSSR count). The minimum absolute atomic E-state index is 0.166. The van der Waals surface area contributed by atoms with Gasteiger partial charge < -0.3 is 5.73 Å². The summed E-state index contributed by atoms with van der Waals surface area (Å²) in [6.07, 6.45) is 1.56. The first-order valence-corrected chi connectivity index (χ1v) is 5.10. The summed E-state index contributed by atoms with van der Waals surface area (Å²) in [5.74, 6) is 0. The summed E-state index contributed by atoms with van der Waals surface area (Å²) in [6, 6.07) is 8.21. The van der Waals surface area contributed by atoms with E-state index in [1.807, 2.05) is 0 Å². The molecule has 0 saturated heterocycles. The van der Waals surface area contributed by atoms with Crippen LogP contribution in [0.3, 0.4) is 0 Å². The highest BCUT2D eigenvalue weighted by Crippen LogP contribution is 2.19. The smallest absolute Gasteiger partial charge is 0.267 e. The maximum absolute atomic E-state index is 11.4. The van der Waals surface area contributed by atoms with Crippen molar-refractivity contribution in [3.8, 4) is 0 Å². The molecule has 2 aromatic rings. The number of anilines is 1. The van der Waals surface area contributed by atoms with E-state index in [-0.39, 0.29) is 5.56 Å². The lowest BCUT2D eigenvalue weighted by atomic mass is 10.2. The van der Waals surface area contributed by atoms with E-state index in [0.29, 0.717) is 17.3 Å². The third-order valence-corrected chi connectivity index (χ3v) is 2.54. The van der Waals surface area contributed by atoms with Crippen molar-refractivity contribution in [3.63, 3.8) is 0 Å². The highest BCUT2D eigenvalue weighted by atomic mass is 35.5. The van der Waals surface area contributed by atoms with Crippen LogP contribution in [0.1, 0.15) is 5.56 Å². The molecule has 2 N–H and O–H groups in total. The van der Waals surface area contributed by atoms with Gasteiger partial charge >= 0.3 is 0 Å². The van der Waals surface area contributed by atoms with Crippen LogP contribution in [0.5, 0.6) is 0 Å². The van der Waals surface area contributed by atoms with E-state index >= 15 is 0 Å². The van der Waals surface area contributed by atoms with Crippen LogP contribution in [0.25, 0.3) is 0 Å². The third kappa shape index (κ3) is 2.23. The summed E-state index contributed by atoms with van der Waals surface area (Å²) >= 11 is 6.00. The molecule has 0 spiro atoms. The number of benzene rings is 1. The summed E-state index contributed by atoms with van der Waals surface area (Å²) in [5.41, 5.74) is 6.88. The Balaban J connectivity index is 2.38. The van der Waals surface area contributed by atoms with Gasteiger partial charge in [-0.25, -0.2) is 4.68 Å². The maximum atomic E-state index is 11.4. The van der Waals surface area contributed by atoms with Crippen LogP contribution >= 0.6 is 11.6 Å². The van der Waals surface area contributed by atoms with Crippen molar-refractivity contribution in [1.82, 2.24) is 9.78 Å². The second kappa shape index (κ2) is 4.37. The van der Waals surface area contributed by atoms with Gasteiger partial charge in [0.25, 0.3) is 5.56 Å². The third-order valence-electron chi connectivity index (χ3n) is 2.18. The van der Waals surface area contributed by atoms with Crippen LogP contribution in [0.2, 0.25) is 5.02 Å². The molecule has 82 valence electrons. The molecule has 5 heteroatoms. The molecule has 0 atom stereocenters. The summed E-state index contributed by atoms with van der Waals surface area (Å²) in [7, 11) is 0. The molecule has 0 aliphatic rings. The van der Waals surface area contributed by atoms with Gasteiger partial charge in [0.05, 0.1) is 6.54 Å². The molecule has 0 radical (unpaired) electrons. The van der Waals surface area contributed by atoms with Crippen LogP contribution in [-0.2, 0) is 6.54 Å². The quantitative estimate of drug-likeness (QED) is 0.803. The minimum atomic E-state index is -0.166. The van der Waals surface area contributed by atoms with Crippen molar-refractivity contribution in [2.75, 3.05) is 5.73 Å². The maximum Gasteiger partial charge on any atom is 0.267 e. The first-order chi connectivity index (χ1) is 7.66. The van der Waals surface area contributed by atoms with Crippen molar-refractivity contribution in [1.29, 1.82) is 0 Å². The lowest BCUT2D eigenvalue weighted by molar-refractivity contribution is 0.639. The zero-order valence-electron chi connectivity index (χ0n) is 8.43. The predicted molar refractivity (Wildman–Crippen MR) is 63.5 cm³/mol. The Labute approximate surface area is 97.3 Å². The Hall–Kier alpha value is -1.81. The number of rotatable bonds is 2. The van der Waals surface area contributed by atoms with E-state index in [4.69, 9.17) is 17.3 Å². The fourth-order valence-corrected chi connectivity index (χ4v) is 1.56. The molecular weight excluding hydrogens is 226 g/mol. The summed E-state index contributed by atoms with van der Waals surface area (Å²) in [4.78, 5) is 11.4. The molecule has 0 amide bonds. The van der Waals surface area contributed by atoms with Crippen LogP contribution in [0.4, 0.5) is 5.69 Å². The molecule has 0 aliphatic heterocycles. The molecule has 1 aromatic heterocycles. The molecule has 1 aromatic carbocycles. The van der Waals surface area contributed by atoms with E-state index in [1.54, 1.807) is 30.5 Å². The average molecular weight is 236 g/mol. The predicted octanol–water partition coefficient (Wildman–Crippen LogP) is 1.53. The number of hydrogen-bond donors (Lipinski definition) is 1. The molecule has 16 heavy (non-hydrogen) atoms. The van der Waals surface area contributed by atoms with Gasteiger partial charge in [-0.05, 0) is 29.8 Å². The fourth-order valence-electron chi connectivity index (χ4n) is 1.38. The zero-order chi connectivity index (χ0) is 11.5. The Morgan fingerprint density at radius 2 is 2.19 bits per heavy atom. The monoisotopic (exact) mass is 235 g/mol. The average Bonchev–Trinajstić information content (AvgIpc) is 2.27. The highest BCUT2D eigenvalue weighted by Gasteiger charge is 2.03. The van der Waals surface area contributed by atoms with E-state index in [1.165, 1.54) is 10.7 Å². The standard InChI is InChI=1S/C11H10ClN3O/c12-10-4-3-9(13)6-8(10)7-15-11(16)2-1-5-14-15/h1-6H,7,13H2. The van der Waals surface area contributed by atoms with Crippen LogP contribution < -0.4 is 11.3 Å². The molecular formula is C11H10ClN3O. The molecule has 0 aliphatic carbocycles. The number of nitrogen functional groups attached to an aromatic ring is 1. The minimum Gasteiger partial charge on any atom is -0.399 e. The summed E-state index contributed by atoms with van der Waals surface area (Å²) in [5, 5.41) is 4.52. The van der Waals surface area contributed by atoms with Crippen LogP contribution in [0.15, 0.2) is 41.3 Å². The summed E-state index contributed by atoms with van der Waals surface area (Å²) < 4.78 is 1.33. The van der Waals surface area contributed by atoms with Crippen molar-refractivity contribution in [3.05, 3.63) is 57.5 Å². The Morgan fingerprint density at radius 3 is 2.94 bits per heavy atom. The van der Waals surface area contributed by atoms with Gasteiger partial charge in [-0.1, -0.05) is 11.6 Å². The molecule has 0 bridgehead atoms. The van der Waals surface area contributed by atoms with Crippen molar-refractivity contribution in [2.45, 2.75) is 6.54 Å². The lowest BCUT2D eigenvalue weighted by Gasteiger charge is -2.06. The van der Waals surface area contributed by atoms with Crippen LogP contribution in [-0.4, -0.2) is 9.78 Å². The van der Waals surface area contributed by atoms with Crippen molar-refractivity contribution in [2.24, 2.45) is 0 Å². The molecule has 0 fully saturated rings. The molecule has 1 heterocycles. The number of halogens is 1. The molecule has 4 nitrogen and oxygen atoms in total. The van der Waals surface area contributed by atoms with Crippen LogP contribution in [0, 0.1) is 0 Å². The van der Waals surface area contributed by atoms with E-state index in [0.717, 1.165) is 5.56 Å². The Kier molecular flexibility index (Phi) is 2.92. The number of nitrogens with zero attached hydrogens (tertiary/aromatic N) is 2. The van der Waals surface area contributed by atoms with Gasteiger partial charge in [-0.3, -0.25) is 4.79 Å². The van der Waals surface area contributed by atoms with Gasteiger partial charge in [0.15, 0.2) is 0 Å². The van der Waals surface area contributed by atoms with E-state index in [2.05, 4.69) is 5.10 Å². The second-order valence-electron chi connectivity index (χ2n) is 3.37. The van der Waals surface area contributed by atoms with E-state index < -0.39 is 0 Å². The molecule has 0 saturated carbocycles. The Morgan fingerprint density at radius 1 is 1.38 bits per heavy atom. The van der Waals surface area contributed by atoms with Crippen molar-refractivity contribution >= 4 is 17.3 Å². The summed E-state index contributed by atoms with van der Waals surface area (Å²) in [6.45, 7) is 0.323. The number of aromatic nitrogens is 2. The Bertz CT molecular complexity index is 565. The second-order valence-corrected chi connectivity index (χ2v) is 3.78. The largest absolute Gasteiger partial charge is 0.399 e. The van der Waals surface area contributed by atoms with Gasteiger partial charge in [0.2, 0.25) is 0 Å². The normalized spacial score (nSPS) is 10.3. The lowest BCUT2D eigenvalue weighted by Crippen LogP contribution is -2.21. The SMILES string of the molecule is Nc1ccc(Cl)c(Cn2ncccc2=O)c1. The topological polar surface area (TPSA) is 60.9 Å². The van der Waals surface area contributed by atoms with Gasteiger partial charge in [0.1, 0.15) is 0 Å². The fraction of sp³-hybridized carbons (Fsp3) is 0.0909. The number of nitrogens with two attached hydrogens (primary N) is 1. The number of hydrogen-bond acceptors (Lipinski definition) is 3.